The highest BCUT2D eigenvalue weighted by molar-refractivity contribution is 6.20. The molecule has 0 amide bonds. The van der Waals surface area contributed by atoms with Crippen molar-refractivity contribution in [2.24, 2.45) is 11.8 Å². The summed E-state index contributed by atoms with van der Waals surface area (Å²) in [6.07, 6.45) is 7.74. The second-order valence-corrected chi connectivity index (χ2v) is 5.79. The molecule has 2 heteroatoms. The predicted molar refractivity (Wildman–Crippen MR) is 68.5 cm³/mol. The molecule has 0 aromatic heterocycles. The Labute approximate surface area is 100.0 Å². The lowest BCUT2D eigenvalue weighted by atomic mass is 9.89. The maximum absolute atomic E-state index is 6.09. The fourth-order valence-electron chi connectivity index (χ4n) is 2.45. The van der Waals surface area contributed by atoms with Crippen molar-refractivity contribution in [2.45, 2.75) is 57.7 Å². The van der Waals surface area contributed by atoms with Gasteiger partial charge in [-0.2, -0.15) is 0 Å². The van der Waals surface area contributed by atoms with Crippen molar-refractivity contribution >= 4 is 11.6 Å². The van der Waals surface area contributed by atoms with Crippen LogP contribution < -0.4 is 5.32 Å². The van der Waals surface area contributed by atoms with Gasteiger partial charge in [-0.15, -0.1) is 11.6 Å². The highest BCUT2D eigenvalue weighted by atomic mass is 35.5. The summed E-state index contributed by atoms with van der Waals surface area (Å²) in [4.78, 5) is 0. The highest BCUT2D eigenvalue weighted by Gasteiger charge is 2.18. The van der Waals surface area contributed by atoms with Crippen molar-refractivity contribution in [1.29, 1.82) is 0 Å². The minimum absolute atomic E-state index is 0.459. The van der Waals surface area contributed by atoms with Gasteiger partial charge in [0.2, 0.25) is 0 Å². The molecular weight excluding hydrogens is 206 g/mol. The lowest BCUT2D eigenvalue weighted by Gasteiger charge is -2.25. The first kappa shape index (κ1) is 13.3. The first-order valence-electron chi connectivity index (χ1n) is 6.57. The Morgan fingerprint density at radius 2 is 1.93 bits per heavy atom. The van der Waals surface area contributed by atoms with Crippen LogP contribution >= 0.6 is 11.6 Å². The van der Waals surface area contributed by atoms with Gasteiger partial charge in [0.1, 0.15) is 0 Å². The van der Waals surface area contributed by atoms with E-state index in [1.165, 1.54) is 51.6 Å². The fourth-order valence-corrected chi connectivity index (χ4v) is 2.71. The molecule has 15 heavy (non-hydrogen) atoms. The standard InChI is InChI=1S/C13H26ClN/c1-3-4-11(2)9-15-10-12-5-7-13(14)8-6-12/h11-13,15H,3-10H2,1-2H3. The number of alkyl halides is 1. The number of nitrogens with one attached hydrogen (secondary N) is 1. The zero-order valence-corrected chi connectivity index (χ0v) is 11.0. The maximum Gasteiger partial charge on any atom is 0.0336 e. The van der Waals surface area contributed by atoms with Crippen LogP contribution in [-0.4, -0.2) is 18.5 Å². The molecule has 1 rings (SSSR count). The molecule has 0 heterocycles. The van der Waals surface area contributed by atoms with Crippen molar-refractivity contribution in [3.8, 4) is 0 Å². The molecule has 1 aliphatic rings. The maximum atomic E-state index is 6.09. The van der Waals surface area contributed by atoms with Gasteiger partial charge in [-0.3, -0.25) is 0 Å². The van der Waals surface area contributed by atoms with E-state index in [1.54, 1.807) is 0 Å². The Morgan fingerprint density at radius 3 is 2.53 bits per heavy atom. The summed E-state index contributed by atoms with van der Waals surface area (Å²) in [7, 11) is 0. The van der Waals surface area contributed by atoms with Crippen molar-refractivity contribution in [1.82, 2.24) is 5.32 Å². The van der Waals surface area contributed by atoms with E-state index in [-0.39, 0.29) is 0 Å². The zero-order chi connectivity index (χ0) is 11.1. The molecule has 1 atom stereocenters. The SMILES string of the molecule is CCCC(C)CNCC1CCC(Cl)CC1. The van der Waals surface area contributed by atoms with Crippen LogP contribution in [0.25, 0.3) is 0 Å². The topological polar surface area (TPSA) is 12.0 Å². The molecule has 0 aromatic rings. The molecule has 0 aromatic carbocycles. The van der Waals surface area contributed by atoms with Crippen LogP contribution in [0.15, 0.2) is 0 Å². The third-order valence-electron chi connectivity index (χ3n) is 3.48. The second-order valence-electron chi connectivity index (χ2n) is 5.17. The molecule has 0 bridgehead atoms. The van der Waals surface area contributed by atoms with E-state index in [9.17, 15) is 0 Å². The number of hydrogen-bond acceptors (Lipinski definition) is 1. The van der Waals surface area contributed by atoms with E-state index in [2.05, 4.69) is 19.2 Å². The van der Waals surface area contributed by atoms with Crippen LogP contribution in [-0.2, 0) is 0 Å². The van der Waals surface area contributed by atoms with Gasteiger partial charge in [-0.1, -0.05) is 20.3 Å². The monoisotopic (exact) mass is 231 g/mol. The molecule has 1 saturated carbocycles. The van der Waals surface area contributed by atoms with E-state index in [0.717, 1.165) is 11.8 Å². The van der Waals surface area contributed by atoms with E-state index in [0.29, 0.717) is 5.38 Å². The van der Waals surface area contributed by atoms with Gasteiger partial charge in [0.05, 0.1) is 0 Å². The van der Waals surface area contributed by atoms with Gasteiger partial charge < -0.3 is 5.32 Å². The molecule has 0 saturated heterocycles. The first-order valence-corrected chi connectivity index (χ1v) is 7.00. The quantitative estimate of drug-likeness (QED) is 0.686. The molecule has 0 radical (unpaired) electrons. The van der Waals surface area contributed by atoms with Crippen LogP contribution in [0.2, 0.25) is 0 Å². The fraction of sp³-hybridized carbons (Fsp3) is 1.00. The minimum atomic E-state index is 0.459. The largest absolute Gasteiger partial charge is 0.316 e. The molecule has 0 aliphatic heterocycles. The Bertz CT molecular complexity index is 153. The highest BCUT2D eigenvalue weighted by Crippen LogP contribution is 2.26. The van der Waals surface area contributed by atoms with Gasteiger partial charge in [-0.05, 0) is 57.0 Å². The molecule has 1 fully saturated rings. The molecule has 0 spiro atoms. The van der Waals surface area contributed by atoms with Gasteiger partial charge in [0.25, 0.3) is 0 Å². The Kier molecular flexibility index (Phi) is 6.67. The van der Waals surface area contributed by atoms with E-state index in [1.807, 2.05) is 0 Å². The van der Waals surface area contributed by atoms with E-state index < -0.39 is 0 Å². The summed E-state index contributed by atoms with van der Waals surface area (Å²) >= 11 is 6.09. The summed E-state index contributed by atoms with van der Waals surface area (Å²) in [5.74, 6) is 1.72. The zero-order valence-electron chi connectivity index (χ0n) is 10.3. The van der Waals surface area contributed by atoms with E-state index >= 15 is 0 Å². The van der Waals surface area contributed by atoms with Gasteiger partial charge in [0, 0.05) is 5.38 Å². The van der Waals surface area contributed by atoms with Crippen molar-refractivity contribution in [2.75, 3.05) is 13.1 Å². The number of halogens is 1. The third kappa shape index (κ3) is 5.77. The van der Waals surface area contributed by atoms with Crippen LogP contribution in [0.5, 0.6) is 0 Å². The van der Waals surface area contributed by atoms with Crippen molar-refractivity contribution in [3.63, 3.8) is 0 Å². The molecule has 90 valence electrons. The van der Waals surface area contributed by atoms with Crippen LogP contribution in [0.1, 0.15) is 52.4 Å². The third-order valence-corrected chi connectivity index (χ3v) is 3.92. The molecule has 1 nitrogen and oxygen atoms in total. The smallest absolute Gasteiger partial charge is 0.0336 e. The lowest BCUT2D eigenvalue weighted by Crippen LogP contribution is -2.29. The van der Waals surface area contributed by atoms with Gasteiger partial charge >= 0.3 is 0 Å². The van der Waals surface area contributed by atoms with Crippen molar-refractivity contribution < 1.29 is 0 Å². The molecular formula is C13H26ClN. The predicted octanol–water partition coefficient (Wildman–Crippen LogP) is 3.81. The Morgan fingerprint density at radius 1 is 1.27 bits per heavy atom. The average molecular weight is 232 g/mol. The summed E-state index contributed by atoms with van der Waals surface area (Å²) in [5.41, 5.74) is 0. The first-order chi connectivity index (χ1) is 7.22. The summed E-state index contributed by atoms with van der Waals surface area (Å²) in [6, 6.07) is 0. The molecule has 1 aliphatic carbocycles. The minimum Gasteiger partial charge on any atom is -0.316 e. The normalized spacial score (nSPS) is 29.0. The summed E-state index contributed by atoms with van der Waals surface area (Å²) < 4.78 is 0. The summed E-state index contributed by atoms with van der Waals surface area (Å²) in [6.45, 7) is 7.00. The Balaban J connectivity index is 2.00. The molecule has 1 N–H and O–H groups in total. The second kappa shape index (κ2) is 7.51. The van der Waals surface area contributed by atoms with Gasteiger partial charge in [0.15, 0.2) is 0 Å². The van der Waals surface area contributed by atoms with Gasteiger partial charge in [-0.25, -0.2) is 0 Å². The van der Waals surface area contributed by atoms with E-state index in [4.69, 9.17) is 11.6 Å². The van der Waals surface area contributed by atoms with Crippen LogP contribution in [0, 0.1) is 11.8 Å². The van der Waals surface area contributed by atoms with Crippen molar-refractivity contribution in [3.05, 3.63) is 0 Å². The van der Waals surface area contributed by atoms with Crippen LogP contribution in [0.3, 0.4) is 0 Å². The summed E-state index contributed by atoms with van der Waals surface area (Å²) in [5, 5.41) is 4.07. The average Bonchev–Trinajstić information content (AvgIpc) is 2.21. The number of hydrogen-bond donors (Lipinski definition) is 1. The Hall–Kier alpha value is 0.250. The lowest BCUT2D eigenvalue weighted by molar-refractivity contribution is 0.335. The number of rotatable bonds is 6. The molecule has 1 unspecified atom stereocenters. The van der Waals surface area contributed by atoms with Crippen LogP contribution in [0.4, 0.5) is 0 Å².